The maximum atomic E-state index is 12.8. The zero-order valence-electron chi connectivity index (χ0n) is 14.3. The zero-order valence-corrected chi connectivity index (χ0v) is 15.1. The van der Waals surface area contributed by atoms with Crippen LogP contribution < -0.4 is 4.74 Å². The molecule has 3 rings (SSSR count). The summed E-state index contributed by atoms with van der Waals surface area (Å²) in [6, 6.07) is 6.94. The molecule has 2 heterocycles. The van der Waals surface area contributed by atoms with Gasteiger partial charge in [0.1, 0.15) is 11.5 Å². The van der Waals surface area contributed by atoms with Crippen molar-refractivity contribution in [1.29, 1.82) is 0 Å². The van der Waals surface area contributed by atoms with E-state index in [0.29, 0.717) is 17.0 Å². The van der Waals surface area contributed by atoms with E-state index in [1.807, 2.05) is 0 Å². The van der Waals surface area contributed by atoms with Crippen molar-refractivity contribution >= 4 is 23.8 Å². The Morgan fingerprint density at radius 3 is 2.41 bits per heavy atom. The van der Waals surface area contributed by atoms with E-state index in [1.54, 1.807) is 36.4 Å². The van der Waals surface area contributed by atoms with Crippen molar-refractivity contribution in [2.45, 2.75) is 6.18 Å². The van der Waals surface area contributed by atoms with Crippen molar-refractivity contribution < 1.29 is 17.9 Å². The van der Waals surface area contributed by atoms with Gasteiger partial charge < -0.3 is 9.30 Å². The lowest BCUT2D eigenvalue weighted by atomic mass is 10.1. The second-order valence-corrected chi connectivity index (χ2v) is 5.94. The summed E-state index contributed by atoms with van der Waals surface area (Å²) in [5, 5.41) is 0.0982. The second-order valence-electron chi connectivity index (χ2n) is 5.61. The number of benzene rings is 1. The van der Waals surface area contributed by atoms with E-state index in [2.05, 4.69) is 15.0 Å². The van der Waals surface area contributed by atoms with Crippen LogP contribution in [0.1, 0.15) is 17.0 Å². The molecule has 0 fully saturated rings. The number of methoxy groups -OCH3 is 1. The summed E-state index contributed by atoms with van der Waals surface area (Å²) in [6.07, 6.45) is 1.46. The topological polar surface area (TPSA) is 52.8 Å². The molecular formula is C18H14ClF3N4O. The Hall–Kier alpha value is -2.87. The number of hydrogen-bond acceptors (Lipinski definition) is 4. The summed E-state index contributed by atoms with van der Waals surface area (Å²) in [5.41, 5.74) is 0.991. The van der Waals surface area contributed by atoms with Gasteiger partial charge in [-0.1, -0.05) is 30.3 Å². The average Bonchev–Trinajstić information content (AvgIpc) is 3.03. The van der Waals surface area contributed by atoms with Crippen LogP contribution in [0.15, 0.2) is 36.7 Å². The molecule has 2 aromatic heterocycles. The monoisotopic (exact) mass is 394 g/mol. The highest BCUT2D eigenvalue weighted by molar-refractivity contribution is 6.28. The molecule has 0 spiro atoms. The van der Waals surface area contributed by atoms with E-state index in [9.17, 15) is 13.2 Å². The summed E-state index contributed by atoms with van der Waals surface area (Å²) < 4.78 is 44.9. The van der Waals surface area contributed by atoms with E-state index < -0.39 is 11.9 Å². The standard InChI is InChI=1S/C18H14ClF3N4O/c1-26-10-15(18(20,21)22)25-16(26)12-6-3-11(4-7-12)5-8-13-14(27-2)9-23-17(19)24-13/h3-10H,1-2H3/b8-5+. The van der Waals surface area contributed by atoms with Gasteiger partial charge in [0.25, 0.3) is 0 Å². The third-order valence-corrected chi connectivity index (χ3v) is 3.92. The number of rotatable bonds is 4. The van der Waals surface area contributed by atoms with Gasteiger partial charge in [-0.05, 0) is 23.2 Å². The Morgan fingerprint density at radius 1 is 1.11 bits per heavy atom. The lowest BCUT2D eigenvalue weighted by molar-refractivity contribution is -0.140. The first-order chi connectivity index (χ1) is 12.8. The Kier molecular flexibility index (Phi) is 5.18. The van der Waals surface area contributed by atoms with Gasteiger partial charge in [0.05, 0.1) is 13.3 Å². The molecule has 0 saturated carbocycles. The lowest BCUT2D eigenvalue weighted by Crippen LogP contribution is -2.04. The summed E-state index contributed by atoms with van der Waals surface area (Å²) in [7, 11) is 3.03. The first-order valence-corrected chi connectivity index (χ1v) is 8.11. The minimum Gasteiger partial charge on any atom is -0.493 e. The van der Waals surface area contributed by atoms with E-state index >= 15 is 0 Å². The molecule has 0 aliphatic carbocycles. The number of aryl methyl sites for hydroxylation is 1. The molecule has 140 valence electrons. The molecule has 0 amide bonds. The molecule has 0 aliphatic heterocycles. The van der Waals surface area contributed by atoms with Crippen LogP contribution in [0.5, 0.6) is 5.75 Å². The maximum Gasteiger partial charge on any atom is 0.434 e. The third-order valence-electron chi connectivity index (χ3n) is 3.74. The molecule has 3 aromatic rings. The van der Waals surface area contributed by atoms with Crippen LogP contribution in [0.2, 0.25) is 5.28 Å². The highest BCUT2D eigenvalue weighted by atomic mass is 35.5. The smallest absolute Gasteiger partial charge is 0.434 e. The molecule has 0 aliphatic rings. The van der Waals surface area contributed by atoms with Gasteiger partial charge in [-0.3, -0.25) is 0 Å². The van der Waals surface area contributed by atoms with Crippen LogP contribution in [0.4, 0.5) is 13.2 Å². The summed E-state index contributed by atoms with van der Waals surface area (Å²) >= 11 is 5.79. The minimum absolute atomic E-state index is 0.0982. The predicted molar refractivity (Wildman–Crippen MR) is 96.2 cm³/mol. The molecule has 1 aromatic carbocycles. The normalized spacial score (nSPS) is 11.9. The molecule has 0 atom stereocenters. The Labute approximate surface area is 158 Å². The largest absolute Gasteiger partial charge is 0.493 e. The molecule has 27 heavy (non-hydrogen) atoms. The Balaban J connectivity index is 1.84. The lowest BCUT2D eigenvalue weighted by Gasteiger charge is -2.04. The number of nitrogens with zero attached hydrogens (tertiary/aromatic N) is 4. The van der Waals surface area contributed by atoms with Crippen LogP contribution >= 0.6 is 11.6 Å². The SMILES string of the molecule is COc1cnc(Cl)nc1/C=C/c1ccc(-c2nc(C(F)(F)F)cn2C)cc1. The number of imidazole rings is 1. The predicted octanol–water partition coefficient (Wildman–Crippen LogP) is 4.73. The van der Waals surface area contributed by atoms with Gasteiger partial charge in [-0.15, -0.1) is 0 Å². The zero-order chi connectivity index (χ0) is 19.6. The van der Waals surface area contributed by atoms with Crippen molar-refractivity contribution in [3.63, 3.8) is 0 Å². The fourth-order valence-corrected chi connectivity index (χ4v) is 2.57. The summed E-state index contributed by atoms with van der Waals surface area (Å²) in [4.78, 5) is 11.6. The van der Waals surface area contributed by atoms with Gasteiger partial charge in [0.2, 0.25) is 5.28 Å². The third kappa shape index (κ3) is 4.28. The number of aromatic nitrogens is 4. The maximum absolute atomic E-state index is 12.8. The molecule has 0 radical (unpaired) electrons. The van der Waals surface area contributed by atoms with E-state index in [4.69, 9.17) is 16.3 Å². The van der Waals surface area contributed by atoms with Crippen LogP contribution in [-0.4, -0.2) is 26.6 Å². The molecule has 0 N–H and O–H groups in total. The second kappa shape index (κ2) is 7.40. The highest BCUT2D eigenvalue weighted by Crippen LogP contribution is 2.30. The van der Waals surface area contributed by atoms with Crippen molar-refractivity contribution in [2.24, 2.45) is 7.05 Å². The van der Waals surface area contributed by atoms with Crippen molar-refractivity contribution in [3.8, 4) is 17.1 Å². The number of ether oxygens (including phenoxy) is 1. The Morgan fingerprint density at radius 2 is 1.81 bits per heavy atom. The Bertz CT molecular complexity index is 981. The van der Waals surface area contributed by atoms with Crippen molar-refractivity contribution in [1.82, 2.24) is 19.5 Å². The van der Waals surface area contributed by atoms with Gasteiger partial charge in [0.15, 0.2) is 11.4 Å². The van der Waals surface area contributed by atoms with Crippen molar-refractivity contribution in [3.05, 3.63) is 58.9 Å². The average molecular weight is 395 g/mol. The van der Waals surface area contributed by atoms with Gasteiger partial charge in [0, 0.05) is 18.8 Å². The minimum atomic E-state index is -4.48. The van der Waals surface area contributed by atoms with E-state index in [0.717, 1.165) is 11.8 Å². The van der Waals surface area contributed by atoms with Crippen LogP contribution in [0.3, 0.4) is 0 Å². The molecule has 0 saturated heterocycles. The highest BCUT2D eigenvalue weighted by Gasteiger charge is 2.34. The first kappa shape index (κ1) is 18.9. The van der Waals surface area contributed by atoms with E-state index in [-0.39, 0.29) is 11.1 Å². The molecule has 9 heteroatoms. The quantitative estimate of drug-likeness (QED) is 0.600. The fraction of sp³-hybridized carbons (Fsp3) is 0.167. The summed E-state index contributed by atoms with van der Waals surface area (Å²) in [6.45, 7) is 0. The summed E-state index contributed by atoms with van der Waals surface area (Å²) in [5.74, 6) is 0.710. The van der Waals surface area contributed by atoms with Gasteiger partial charge in [-0.2, -0.15) is 13.2 Å². The number of hydrogen-bond donors (Lipinski definition) is 0. The van der Waals surface area contributed by atoms with Crippen LogP contribution in [0.25, 0.3) is 23.5 Å². The first-order valence-electron chi connectivity index (χ1n) is 7.73. The van der Waals surface area contributed by atoms with Gasteiger partial charge >= 0.3 is 6.18 Å². The fourth-order valence-electron chi connectivity index (χ4n) is 2.43. The van der Waals surface area contributed by atoms with Gasteiger partial charge in [-0.25, -0.2) is 15.0 Å². The molecule has 0 bridgehead atoms. The van der Waals surface area contributed by atoms with Crippen LogP contribution in [0, 0.1) is 0 Å². The number of alkyl halides is 3. The van der Waals surface area contributed by atoms with Crippen LogP contribution in [-0.2, 0) is 13.2 Å². The number of halogens is 4. The molecule has 5 nitrogen and oxygen atoms in total. The molecular weight excluding hydrogens is 381 g/mol. The van der Waals surface area contributed by atoms with Crippen molar-refractivity contribution in [2.75, 3.05) is 7.11 Å². The molecule has 0 unspecified atom stereocenters. The van der Waals surface area contributed by atoms with E-state index in [1.165, 1.54) is 24.9 Å².